The molecule has 0 aromatic heterocycles. The molecule has 1 aliphatic rings. The summed E-state index contributed by atoms with van der Waals surface area (Å²) in [7, 11) is 0. The van der Waals surface area contributed by atoms with Gasteiger partial charge in [0.15, 0.2) is 0 Å². The molecule has 0 heterocycles. The Hall–Kier alpha value is -0.610. The van der Waals surface area contributed by atoms with E-state index in [1.165, 1.54) is 0 Å². The van der Waals surface area contributed by atoms with Gasteiger partial charge in [0, 0.05) is 13.1 Å². The molecule has 0 aromatic carbocycles. The lowest BCUT2D eigenvalue weighted by molar-refractivity contribution is -0.136. The van der Waals surface area contributed by atoms with Crippen molar-refractivity contribution >= 4 is 5.91 Å². The fraction of sp³-hybridized carbons (Fsp3) is 0.933. The molecule has 19 heavy (non-hydrogen) atoms. The molecule has 4 heteroatoms. The summed E-state index contributed by atoms with van der Waals surface area (Å²) in [6.07, 6.45) is 5.25. The van der Waals surface area contributed by atoms with E-state index in [2.05, 4.69) is 26.1 Å². The van der Waals surface area contributed by atoms with Gasteiger partial charge in [-0.25, -0.2) is 0 Å². The molecule has 0 spiro atoms. The van der Waals surface area contributed by atoms with Gasteiger partial charge in [-0.1, -0.05) is 20.8 Å². The molecular weight excluding hydrogens is 240 g/mol. The Balaban J connectivity index is 2.27. The number of nitrogens with two attached hydrogens (primary N) is 1. The minimum Gasteiger partial charge on any atom is -0.364 e. The van der Waals surface area contributed by atoms with Gasteiger partial charge in [-0.05, 0) is 43.9 Å². The number of nitrogens with one attached hydrogen (secondary N) is 1. The summed E-state index contributed by atoms with van der Waals surface area (Å²) in [5.41, 5.74) is 5.59. The second kappa shape index (κ2) is 7.85. The monoisotopic (exact) mass is 270 g/mol. The van der Waals surface area contributed by atoms with E-state index in [-0.39, 0.29) is 18.1 Å². The van der Waals surface area contributed by atoms with Crippen LogP contribution in [0.15, 0.2) is 0 Å². The molecule has 0 saturated heterocycles. The first-order chi connectivity index (χ1) is 8.97. The van der Waals surface area contributed by atoms with E-state index in [1.807, 2.05) is 0 Å². The molecule has 0 radical (unpaired) electrons. The molecule has 1 amide bonds. The smallest absolute Gasteiger partial charge is 0.246 e. The zero-order valence-electron chi connectivity index (χ0n) is 12.7. The molecule has 0 aromatic rings. The number of hydrogen-bond acceptors (Lipinski definition) is 3. The summed E-state index contributed by atoms with van der Waals surface area (Å²) in [6, 6.07) is 0. The van der Waals surface area contributed by atoms with Crippen LogP contribution in [0.25, 0.3) is 0 Å². The van der Waals surface area contributed by atoms with Crippen molar-refractivity contribution in [1.29, 1.82) is 0 Å². The third-order valence-electron chi connectivity index (χ3n) is 4.11. The Morgan fingerprint density at radius 1 is 1.42 bits per heavy atom. The average molecular weight is 270 g/mol. The number of rotatable bonds is 7. The number of carbonyl (C=O) groups excluding carboxylic acids is 1. The summed E-state index contributed by atoms with van der Waals surface area (Å²) in [5.74, 6) is 1.34. The highest BCUT2D eigenvalue weighted by Crippen LogP contribution is 2.33. The molecule has 1 rings (SSSR count). The van der Waals surface area contributed by atoms with Gasteiger partial charge in [0.1, 0.15) is 6.61 Å². The summed E-state index contributed by atoms with van der Waals surface area (Å²) in [5, 5.41) is 2.90. The zero-order chi connectivity index (χ0) is 14.3. The van der Waals surface area contributed by atoms with Crippen LogP contribution in [0, 0.1) is 11.8 Å². The third-order valence-corrected chi connectivity index (χ3v) is 4.11. The Morgan fingerprint density at radius 3 is 2.58 bits per heavy atom. The first kappa shape index (κ1) is 16.4. The Kier molecular flexibility index (Phi) is 6.80. The number of carbonyl (C=O) groups is 1. The third kappa shape index (κ3) is 5.91. The maximum absolute atomic E-state index is 11.7. The van der Waals surface area contributed by atoms with Crippen LogP contribution < -0.4 is 11.1 Å². The van der Waals surface area contributed by atoms with Gasteiger partial charge in [0.05, 0.1) is 5.60 Å². The molecule has 3 N–H and O–H groups in total. The Bertz CT molecular complexity index is 271. The van der Waals surface area contributed by atoms with E-state index in [0.717, 1.165) is 44.6 Å². The average Bonchev–Trinajstić information content (AvgIpc) is 2.38. The van der Waals surface area contributed by atoms with Gasteiger partial charge >= 0.3 is 0 Å². The van der Waals surface area contributed by atoms with E-state index in [4.69, 9.17) is 10.5 Å². The van der Waals surface area contributed by atoms with E-state index >= 15 is 0 Å². The predicted octanol–water partition coefficient (Wildman–Crippen LogP) is 2.07. The van der Waals surface area contributed by atoms with Crippen LogP contribution in [0.1, 0.15) is 52.9 Å². The highest BCUT2D eigenvalue weighted by Gasteiger charge is 2.34. The fourth-order valence-corrected chi connectivity index (χ4v) is 2.47. The minimum absolute atomic E-state index is 0.0212. The number of amides is 1. The van der Waals surface area contributed by atoms with E-state index in [1.54, 1.807) is 0 Å². The first-order valence-electron chi connectivity index (χ1n) is 7.58. The molecule has 0 bridgehead atoms. The van der Waals surface area contributed by atoms with Crippen molar-refractivity contribution in [3.63, 3.8) is 0 Å². The van der Waals surface area contributed by atoms with Gasteiger partial charge in [-0.3, -0.25) is 4.79 Å². The topological polar surface area (TPSA) is 64.3 Å². The lowest BCUT2D eigenvalue weighted by Crippen LogP contribution is -2.46. The van der Waals surface area contributed by atoms with E-state index in [0.29, 0.717) is 12.5 Å². The molecule has 1 saturated carbocycles. The summed E-state index contributed by atoms with van der Waals surface area (Å²) < 4.78 is 5.85. The molecule has 0 aliphatic heterocycles. The quantitative estimate of drug-likeness (QED) is 0.744. The maximum atomic E-state index is 11.7. The summed E-state index contributed by atoms with van der Waals surface area (Å²) in [4.78, 5) is 11.7. The Morgan fingerprint density at radius 2 is 2.05 bits per heavy atom. The first-order valence-corrected chi connectivity index (χ1v) is 7.58. The molecule has 1 aliphatic carbocycles. The predicted molar refractivity (Wildman–Crippen MR) is 77.8 cm³/mol. The second-order valence-corrected chi connectivity index (χ2v) is 6.39. The molecule has 0 unspecified atom stereocenters. The van der Waals surface area contributed by atoms with Crippen LogP contribution in [0.3, 0.4) is 0 Å². The molecule has 1 fully saturated rings. The SMILES string of the molecule is CC(C)CCNC(=O)COC1(CN)CCC(C)CC1. The largest absolute Gasteiger partial charge is 0.364 e. The van der Waals surface area contributed by atoms with Crippen LogP contribution in [0.5, 0.6) is 0 Å². The zero-order valence-corrected chi connectivity index (χ0v) is 12.7. The van der Waals surface area contributed by atoms with Crippen molar-refractivity contribution in [2.24, 2.45) is 17.6 Å². The molecular formula is C15H30N2O2. The van der Waals surface area contributed by atoms with Crippen molar-refractivity contribution in [1.82, 2.24) is 5.32 Å². The van der Waals surface area contributed by atoms with Crippen molar-refractivity contribution in [2.45, 2.75) is 58.5 Å². The van der Waals surface area contributed by atoms with Gasteiger partial charge in [-0.15, -0.1) is 0 Å². The second-order valence-electron chi connectivity index (χ2n) is 6.39. The van der Waals surface area contributed by atoms with Gasteiger partial charge in [0.25, 0.3) is 0 Å². The van der Waals surface area contributed by atoms with Gasteiger partial charge in [-0.2, -0.15) is 0 Å². The van der Waals surface area contributed by atoms with Crippen molar-refractivity contribution in [3.8, 4) is 0 Å². The molecule has 112 valence electrons. The van der Waals surface area contributed by atoms with Crippen LogP contribution in [0.4, 0.5) is 0 Å². The van der Waals surface area contributed by atoms with Crippen molar-refractivity contribution < 1.29 is 9.53 Å². The van der Waals surface area contributed by atoms with E-state index < -0.39 is 0 Å². The minimum atomic E-state index is -0.262. The van der Waals surface area contributed by atoms with Gasteiger partial charge < -0.3 is 15.8 Å². The highest BCUT2D eigenvalue weighted by atomic mass is 16.5. The Labute approximate surface area is 117 Å². The fourth-order valence-electron chi connectivity index (χ4n) is 2.47. The maximum Gasteiger partial charge on any atom is 0.246 e. The van der Waals surface area contributed by atoms with Crippen LogP contribution in [-0.4, -0.2) is 31.2 Å². The van der Waals surface area contributed by atoms with Crippen molar-refractivity contribution in [3.05, 3.63) is 0 Å². The lowest BCUT2D eigenvalue weighted by atomic mass is 9.79. The molecule has 4 nitrogen and oxygen atoms in total. The van der Waals surface area contributed by atoms with E-state index in [9.17, 15) is 4.79 Å². The van der Waals surface area contributed by atoms with Gasteiger partial charge in [0.2, 0.25) is 5.91 Å². The van der Waals surface area contributed by atoms with Crippen LogP contribution >= 0.6 is 0 Å². The summed E-state index contributed by atoms with van der Waals surface area (Å²) in [6.45, 7) is 7.94. The summed E-state index contributed by atoms with van der Waals surface area (Å²) >= 11 is 0. The van der Waals surface area contributed by atoms with Crippen LogP contribution in [0.2, 0.25) is 0 Å². The normalized spacial score (nSPS) is 27.5. The highest BCUT2D eigenvalue weighted by molar-refractivity contribution is 5.77. The lowest BCUT2D eigenvalue weighted by Gasteiger charge is -2.38. The van der Waals surface area contributed by atoms with Crippen LogP contribution in [-0.2, 0) is 9.53 Å². The van der Waals surface area contributed by atoms with Crippen molar-refractivity contribution in [2.75, 3.05) is 19.7 Å². The standard InChI is InChI=1S/C15H30N2O2/c1-12(2)6-9-17-14(18)10-19-15(11-16)7-4-13(3)5-8-15/h12-13H,4-11,16H2,1-3H3,(H,17,18). The number of ether oxygens (including phenoxy) is 1. The molecule has 0 atom stereocenters. The number of hydrogen-bond donors (Lipinski definition) is 2.